The SMILES string of the molecule is COCCNC(=O)CN1CCSc2ccc(N)cc21. The fraction of sp³-hybridized carbons (Fsp3) is 0.462. The molecular weight excluding hydrogens is 262 g/mol. The first kappa shape index (κ1) is 14.0. The van der Waals surface area contributed by atoms with Crippen LogP contribution in [0.4, 0.5) is 11.4 Å². The van der Waals surface area contributed by atoms with E-state index in [0.29, 0.717) is 19.7 Å². The molecule has 3 N–H and O–H groups in total. The first-order valence-electron chi connectivity index (χ1n) is 6.23. The quantitative estimate of drug-likeness (QED) is 0.621. The van der Waals surface area contributed by atoms with E-state index in [1.54, 1.807) is 18.9 Å². The normalized spacial score (nSPS) is 14.1. The number of benzene rings is 1. The number of ether oxygens (including phenoxy) is 1. The molecular formula is C13H19N3O2S. The lowest BCUT2D eigenvalue weighted by molar-refractivity contribution is -0.119. The van der Waals surface area contributed by atoms with E-state index in [9.17, 15) is 4.79 Å². The summed E-state index contributed by atoms with van der Waals surface area (Å²) in [5.41, 5.74) is 7.60. The van der Waals surface area contributed by atoms with Crippen molar-refractivity contribution in [1.82, 2.24) is 5.32 Å². The Hall–Kier alpha value is -1.40. The van der Waals surface area contributed by atoms with E-state index >= 15 is 0 Å². The predicted molar refractivity (Wildman–Crippen MR) is 78.7 cm³/mol. The highest BCUT2D eigenvalue weighted by Gasteiger charge is 2.19. The number of hydrogen-bond donors (Lipinski definition) is 2. The number of nitrogens with zero attached hydrogens (tertiary/aromatic N) is 1. The summed E-state index contributed by atoms with van der Waals surface area (Å²) in [5, 5.41) is 2.83. The molecule has 0 saturated carbocycles. The highest BCUT2D eigenvalue weighted by atomic mass is 32.2. The van der Waals surface area contributed by atoms with Gasteiger partial charge in [0.05, 0.1) is 18.8 Å². The molecule has 0 bridgehead atoms. The van der Waals surface area contributed by atoms with Gasteiger partial charge in [-0.05, 0) is 18.2 Å². The Morgan fingerprint density at radius 3 is 3.21 bits per heavy atom. The van der Waals surface area contributed by atoms with Gasteiger partial charge in [0.1, 0.15) is 0 Å². The molecule has 0 aliphatic carbocycles. The standard InChI is InChI=1S/C13H19N3O2S/c1-18-6-4-15-13(17)9-16-5-7-19-12-3-2-10(14)8-11(12)16/h2-3,8H,4-7,9,14H2,1H3,(H,15,17). The van der Waals surface area contributed by atoms with Crippen molar-refractivity contribution in [2.24, 2.45) is 0 Å². The lowest BCUT2D eigenvalue weighted by Crippen LogP contribution is -2.40. The van der Waals surface area contributed by atoms with Crippen molar-refractivity contribution in [3.05, 3.63) is 18.2 Å². The highest BCUT2D eigenvalue weighted by molar-refractivity contribution is 7.99. The van der Waals surface area contributed by atoms with Gasteiger partial charge in [0.25, 0.3) is 0 Å². The number of methoxy groups -OCH3 is 1. The van der Waals surface area contributed by atoms with Gasteiger partial charge in [-0.25, -0.2) is 0 Å². The molecule has 0 spiro atoms. The average molecular weight is 281 g/mol. The van der Waals surface area contributed by atoms with Crippen molar-refractivity contribution in [2.75, 3.05) is 49.7 Å². The lowest BCUT2D eigenvalue weighted by atomic mass is 10.2. The van der Waals surface area contributed by atoms with E-state index in [2.05, 4.69) is 10.2 Å². The monoisotopic (exact) mass is 281 g/mol. The fourth-order valence-electron chi connectivity index (χ4n) is 1.98. The van der Waals surface area contributed by atoms with Crippen LogP contribution in [-0.2, 0) is 9.53 Å². The number of anilines is 2. The molecule has 0 unspecified atom stereocenters. The van der Waals surface area contributed by atoms with Crippen molar-refractivity contribution in [3.63, 3.8) is 0 Å². The van der Waals surface area contributed by atoms with E-state index in [4.69, 9.17) is 10.5 Å². The molecule has 6 heteroatoms. The Labute approximate surface area is 117 Å². The van der Waals surface area contributed by atoms with Crippen LogP contribution in [0.3, 0.4) is 0 Å². The molecule has 104 valence electrons. The molecule has 1 amide bonds. The van der Waals surface area contributed by atoms with E-state index in [0.717, 1.165) is 23.7 Å². The molecule has 0 aromatic heterocycles. The Balaban J connectivity index is 1.99. The maximum Gasteiger partial charge on any atom is 0.239 e. The Morgan fingerprint density at radius 1 is 1.58 bits per heavy atom. The summed E-state index contributed by atoms with van der Waals surface area (Å²) in [6.07, 6.45) is 0. The molecule has 5 nitrogen and oxygen atoms in total. The zero-order chi connectivity index (χ0) is 13.7. The van der Waals surface area contributed by atoms with Gasteiger partial charge in [-0.3, -0.25) is 4.79 Å². The summed E-state index contributed by atoms with van der Waals surface area (Å²) in [6.45, 7) is 2.30. The number of amides is 1. The van der Waals surface area contributed by atoms with E-state index in [1.807, 2.05) is 18.2 Å². The summed E-state index contributed by atoms with van der Waals surface area (Å²) >= 11 is 1.80. The maximum atomic E-state index is 11.8. The zero-order valence-electron chi connectivity index (χ0n) is 11.0. The van der Waals surface area contributed by atoms with Crippen LogP contribution in [0.5, 0.6) is 0 Å². The van der Waals surface area contributed by atoms with E-state index in [1.165, 1.54) is 4.90 Å². The molecule has 19 heavy (non-hydrogen) atoms. The molecule has 0 fully saturated rings. The Bertz CT molecular complexity index is 454. The van der Waals surface area contributed by atoms with Crippen molar-refractivity contribution in [1.29, 1.82) is 0 Å². The fourth-order valence-corrected chi connectivity index (χ4v) is 3.01. The Kier molecular flexibility index (Phi) is 4.93. The number of fused-ring (bicyclic) bond motifs is 1. The van der Waals surface area contributed by atoms with Gasteiger partial charge in [0.2, 0.25) is 5.91 Å². The van der Waals surface area contributed by atoms with E-state index in [-0.39, 0.29) is 5.91 Å². The van der Waals surface area contributed by atoms with Crippen LogP contribution in [0.1, 0.15) is 0 Å². The second kappa shape index (κ2) is 6.68. The number of rotatable bonds is 5. The Morgan fingerprint density at radius 2 is 2.42 bits per heavy atom. The van der Waals surface area contributed by atoms with Gasteiger partial charge in [-0.15, -0.1) is 11.8 Å². The van der Waals surface area contributed by atoms with Crippen LogP contribution >= 0.6 is 11.8 Å². The van der Waals surface area contributed by atoms with Crippen molar-refractivity contribution < 1.29 is 9.53 Å². The van der Waals surface area contributed by atoms with Gasteiger partial charge in [-0.2, -0.15) is 0 Å². The largest absolute Gasteiger partial charge is 0.399 e. The molecule has 0 atom stereocenters. The number of nitrogens with one attached hydrogen (secondary N) is 1. The summed E-state index contributed by atoms with van der Waals surface area (Å²) < 4.78 is 4.91. The number of nitrogen functional groups attached to an aromatic ring is 1. The van der Waals surface area contributed by atoms with Crippen molar-refractivity contribution in [3.8, 4) is 0 Å². The van der Waals surface area contributed by atoms with Crippen LogP contribution in [0.2, 0.25) is 0 Å². The molecule has 1 heterocycles. The minimum Gasteiger partial charge on any atom is -0.399 e. The number of carbonyl (C=O) groups is 1. The summed E-state index contributed by atoms with van der Waals surface area (Å²) in [5.74, 6) is 1.000. The second-order valence-corrected chi connectivity index (χ2v) is 5.48. The number of hydrogen-bond acceptors (Lipinski definition) is 5. The minimum absolute atomic E-state index is 0.0114. The number of nitrogens with two attached hydrogens (primary N) is 1. The highest BCUT2D eigenvalue weighted by Crippen LogP contribution is 2.35. The van der Waals surface area contributed by atoms with Crippen molar-refractivity contribution >= 4 is 29.0 Å². The molecule has 1 aromatic rings. The lowest BCUT2D eigenvalue weighted by Gasteiger charge is -2.30. The summed E-state index contributed by atoms with van der Waals surface area (Å²) in [7, 11) is 1.62. The second-order valence-electron chi connectivity index (χ2n) is 4.34. The van der Waals surface area contributed by atoms with Gasteiger partial charge < -0.3 is 20.7 Å². The molecule has 1 aliphatic rings. The smallest absolute Gasteiger partial charge is 0.239 e. The van der Waals surface area contributed by atoms with E-state index < -0.39 is 0 Å². The van der Waals surface area contributed by atoms with Crippen molar-refractivity contribution in [2.45, 2.75) is 4.90 Å². The maximum absolute atomic E-state index is 11.8. The molecule has 1 aliphatic heterocycles. The topological polar surface area (TPSA) is 67.6 Å². The molecule has 1 aromatic carbocycles. The van der Waals surface area contributed by atoms with Gasteiger partial charge in [0, 0.05) is 36.5 Å². The molecule has 0 saturated heterocycles. The predicted octanol–water partition coefficient (Wildman–Crippen LogP) is 0.943. The average Bonchev–Trinajstić information content (AvgIpc) is 2.40. The van der Waals surface area contributed by atoms with Gasteiger partial charge >= 0.3 is 0 Å². The third kappa shape index (κ3) is 3.78. The van der Waals surface area contributed by atoms with Gasteiger partial charge in [0.15, 0.2) is 0 Å². The van der Waals surface area contributed by atoms with Crippen LogP contribution < -0.4 is 16.0 Å². The minimum atomic E-state index is 0.0114. The molecule has 0 radical (unpaired) electrons. The first-order valence-corrected chi connectivity index (χ1v) is 7.22. The third-order valence-electron chi connectivity index (χ3n) is 2.91. The number of thioether (sulfide) groups is 1. The molecule has 2 rings (SSSR count). The van der Waals surface area contributed by atoms with Crippen LogP contribution in [0.15, 0.2) is 23.1 Å². The summed E-state index contributed by atoms with van der Waals surface area (Å²) in [4.78, 5) is 15.1. The zero-order valence-corrected chi connectivity index (χ0v) is 11.8. The summed E-state index contributed by atoms with van der Waals surface area (Å²) in [6, 6.07) is 5.85. The van der Waals surface area contributed by atoms with Crippen LogP contribution in [0.25, 0.3) is 0 Å². The van der Waals surface area contributed by atoms with Crippen LogP contribution in [-0.4, -0.2) is 45.0 Å². The number of carbonyl (C=O) groups excluding carboxylic acids is 1. The van der Waals surface area contributed by atoms with Gasteiger partial charge in [-0.1, -0.05) is 0 Å². The van der Waals surface area contributed by atoms with Crippen LogP contribution in [0, 0.1) is 0 Å². The first-order chi connectivity index (χ1) is 9.20. The third-order valence-corrected chi connectivity index (χ3v) is 3.95.